The minimum Gasteiger partial charge on any atom is -0.450 e. The molecule has 3 rings (SSSR count). The largest absolute Gasteiger partial charge is 0.450 e. The van der Waals surface area contributed by atoms with E-state index in [1.54, 1.807) is 11.1 Å². The normalized spacial score (nSPS) is 14.0. The Morgan fingerprint density at radius 3 is 2.48 bits per heavy atom. The van der Waals surface area contributed by atoms with Gasteiger partial charge in [-0.15, -0.1) is 0 Å². The van der Waals surface area contributed by atoms with Crippen LogP contribution in [-0.4, -0.2) is 67.8 Å². The molecule has 1 aromatic carbocycles. The Labute approximate surface area is 159 Å². The topological polar surface area (TPSA) is 73.8 Å². The first-order valence-electron chi connectivity index (χ1n) is 9.11. The first-order valence-corrected chi connectivity index (χ1v) is 9.11. The predicted octanol–water partition coefficient (Wildman–Crippen LogP) is 2.56. The van der Waals surface area contributed by atoms with Gasteiger partial charge in [-0.25, -0.2) is 9.78 Å². The van der Waals surface area contributed by atoms with Crippen molar-refractivity contribution < 1.29 is 9.53 Å². The first-order chi connectivity index (χ1) is 13.1. The van der Waals surface area contributed by atoms with Crippen LogP contribution < -0.4 is 15.1 Å². The van der Waals surface area contributed by atoms with E-state index in [9.17, 15) is 4.79 Å². The standard InChI is InChI=1S/C19H26N6O2/c1-4-27-19(26)25-13-11-24(12-14-25)17-9-10-20-18(22-17)21-15-5-7-16(8-6-15)23(2)3/h5-10H,4,11-14H2,1-3H3,(H,20,21,22). The summed E-state index contributed by atoms with van der Waals surface area (Å²) in [5.41, 5.74) is 2.07. The molecular formula is C19H26N6O2. The Hall–Kier alpha value is -3.03. The summed E-state index contributed by atoms with van der Waals surface area (Å²) in [6, 6.07) is 9.98. The molecule has 27 heavy (non-hydrogen) atoms. The van der Waals surface area contributed by atoms with E-state index in [4.69, 9.17) is 4.74 Å². The zero-order chi connectivity index (χ0) is 19.2. The van der Waals surface area contributed by atoms with Gasteiger partial charge < -0.3 is 24.8 Å². The molecule has 0 unspecified atom stereocenters. The number of benzene rings is 1. The number of hydrogen-bond acceptors (Lipinski definition) is 7. The van der Waals surface area contributed by atoms with E-state index in [0.717, 1.165) is 17.2 Å². The van der Waals surface area contributed by atoms with Gasteiger partial charge in [-0.2, -0.15) is 4.98 Å². The quantitative estimate of drug-likeness (QED) is 0.867. The molecule has 1 amide bonds. The van der Waals surface area contributed by atoms with Gasteiger partial charge in [0.2, 0.25) is 5.95 Å². The monoisotopic (exact) mass is 370 g/mol. The maximum Gasteiger partial charge on any atom is 0.409 e. The average molecular weight is 370 g/mol. The number of piperazine rings is 1. The maximum absolute atomic E-state index is 11.8. The van der Waals surface area contributed by atoms with Gasteiger partial charge in [0, 0.05) is 57.8 Å². The smallest absolute Gasteiger partial charge is 0.409 e. The lowest BCUT2D eigenvalue weighted by Crippen LogP contribution is -2.49. The van der Waals surface area contributed by atoms with Crippen molar-refractivity contribution in [2.45, 2.75) is 6.92 Å². The molecule has 1 saturated heterocycles. The van der Waals surface area contributed by atoms with Crippen LogP contribution in [0.1, 0.15) is 6.92 Å². The van der Waals surface area contributed by atoms with Gasteiger partial charge in [-0.05, 0) is 37.3 Å². The Kier molecular flexibility index (Phi) is 5.95. The fraction of sp³-hybridized carbons (Fsp3) is 0.421. The molecule has 1 N–H and O–H groups in total. The fourth-order valence-electron chi connectivity index (χ4n) is 2.89. The van der Waals surface area contributed by atoms with Gasteiger partial charge >= 0.3 is 6.09 Å². The summed E-state index contributed by atoms with van der Waals surface area (Å²) in [6.45, 7) is 4.89. The lowest BCUT2D eigenvalue weighted by atomic mass is 10.2. The van der Waals surface area contributed by atoms with E-state index in [-0.39, 0.29) is 6.09 Å². The molecule has 1 aliphatic rings. The van der Waals surface area contributed by atoms with Crippen molar-refractivity contribution in [1.29, 1.82) is 0 Å². The van der Waals surface area contributed by atoms with Crippen molar-refractivity contribution in [3.8, 4) is 0 Å². The number of ether oxygens (including phenoxy) is 1. The van der Waals surface area contributed by atoms with Crippen molar-refractivity contribution in [3.63, 3.8) is 0 Å². The molecule has 0 saturated carbocycles. The van der Waals surface area contributed by atoms with Crippen LogP contribution in [0.3, 0.4) is 0 Å². The first kappa shape index (κ1) is 18.8. The van der Waals surface area contributed by atoms with Crippen LogP contribution >= 0.6 is 0 Å². The molecule has 8 nitrogen and oxygen atoms in total. The summed E-state index contributed by atoms with van der Waals surface area (Å²) < 4.78 is 5.06. The van der Waals surface area contributed by atoms with Crippen LogP contribution in [0.4, 0.5) is 27.9 Å². The number of carbonyl (C=O) groups excluding carboxylic acids is 1. The van der Waals surface area contributed by atoms with Crippen LogP contribution in [0.15, 0.2) is 36.5 Å². The highest BCUT2D eigenvalue weighted by Gasteiger charge is 2.22. The molecule has 1 aliphatic heterocycles. The SMILES string of the molecule is CCOC(=O)N1CCN(c2ccnc(Nc3ccc(N(C)C)cc3)n2)CC1. The second-order valence-corrected chi connectivity index (χ2v) is 6.48. The van der Waals surface area contributed by atoms with E-state index < -0.39 is 0 Å². The summed E-state index contributed by atoms with van der Waals surface area (Å²) in [5, 5.41) is 3.24. The van der Waals surface area contributed by atoms with Crippen LogP contribution in [0.5, 0.6) is 0 Å². The van der Waals surface area contributed by atoms with Gasteiger partial charge in [-0.1, -0.05) is 0 Å². The van der Waals surface area contributed by atoms with E-state index in [1.165, 1.54) is 0 Å². The molecule has 2 heterocycles. The third-order valence-corrected chi connectivity index (χ3v) is 4.41. The summed E-state index contributed by atoms with van der Waals surface area (Å²) in [4.78, 5) is 26.7. The molecule has 0 atom stereocenters. The third-order valence-electron chi connectivity index (χ3n) is 4.41. The zero-order valence-corrected chi connectivity index (χ0v) is 16.1. The fourth-order valence-corrected chi connectivity index (χ4v) is 2.89. The Bertz CT molecular complexity index is 757. The molecule has 1 fully saturated rings. The molecule has 0 radical (unpaired) electrons. The minimum absolute atomic E-state index is 0.247. The Balaban J connectivity index is 1.61. The Morgan fingerprint density at radius 1 is 1.15 bits per heavy atom. The van der Waals surface area contributed by atoms with E-state index in [2.05, 4.69) is 25.1 Å². The third kappa shape index (κ3) is 4.78. The summed E-state index contributed by atoms with van der Waals surface area (Å²) >= 11 is 0. The molecule has 2 aromatic rings. The molecule has 144 valence electrons. The summed E-state index contributed by atoms with van der Waals surface area (Å²) in [5.74, 6) is 1.40. The summed E-state index contributed by atoms with van der Waals surface area (Å²) in [7, 11) is 4.02. The molecule has 0 bridgehead atoms. The molecule has 0 aliphatic carbocycles. The predicted molar refractivity (Wildman–Crippen MR) is 107 cm³/mol. The molecular weight excluding hydrogens is 344 g/mol. The number of aromatic nitrogens is 2. The summed E-state index contributed by atoms with van der Waals surface area (Å²) in [6.07, 6.45) is 1.50. The van der Waals surface area contributed by atoms with E-state index in [1.807, 2.05) is 51.4 Å². The second-order valence-electron chi connectivity index (χ2n) is 6.48. The minimum atomic E-state index is -0.247. The van der Waals surface area contributed by atoms with Gasteiger partial charge in [0.05, 0.1) is 6.61 Å². The second kappa shape index (κ2) is 8.57. The van der Waals surface area contributed by atoms with Crippen molar-refractivity contribution in [2.75, 3.05) is 62.0 Å². The van der Waals surface area contributed by atoms with Crippen molar-refractivity contribution >= 4 is 29.2 Å². The highest BCUT2D eigenvalue weighted by Crippen LogP contribution is 2.20. The van der Waals surface area contributed by atoms with Crippen molar-refractivity contribution in [1.82, 2.24) is 14.9 Å². The van der Waals surface area contributed by atoms with Gasteiger partial charge in [-0.3, -0.25) is 0 Å². The van der Waals surface area contributed by atoms with Crippen molar-refractivity contribution in [2.24, 2.45) is 0 Å². The number of anilines is 4. The maximum atomic E-state index is 11.8. The number of nitrogens with zero attached hydrogens (tertiary/aromatic N) is 5. The highest BCUT2D eigenvalue weighted by molar-refractivity contribution is 5.68. The van der Waals surface area contributed by atoms with E-state index >= 15 is 0 Å². The molecule has 8 heteroatoms. The molecule has 0 spiro atoms. The number of nitrogens with one attached hydrogen (secondary N) is 1. The van der Waals surface area contributed by atoms with Crippen LogP contribution in [0, 0.1) is 0 Å². The number of rotatable bonds is 5. The van der Waals surface area contributed by atoms with Crippen LogP contribution in [0.2, 0.25) is 0 Å². The van der Waals surface area contributed by atoms with Crippen molar-refractivity contribution in [3.05, 3.63) is 36.5 Å². The highest BCUT2D eigenvalue weighted by atomic mass is 16.6. The van der Waals surface area contributed by atoms with Gasteiger partial charge in [0.1, 0.15) is 5.82 Å². The lowest BCUT2D eigenvalue weighted by molar-refractivity contribution is 0.105. The number of amides is 1. The number of hydrogen-bond donors (Lipinski definition) is 1. The van der Waals surface area contributed by atoms with Crippen LogP contribution in [0.25, 0.3) is 0 Å². The average Bonchev–Trinajstić information content (AvgIpc) is 2.69. The van der Waals surface area contributed by atoms with Gasteiger partial charge in [0.15, 0.2) is 0 Å². The van der Waals surface area contributed by atoms with E-state index in [0.29, 0.717) is 38.7 Å². The zero-order valence-electron chi connectivity index (χ0n) is 16.1. The lowest BCUT2D eigenvalue weighted by Gasteiger charge is -2.34. The number of carbonyl (C=O) groups is 1. The Morgan fingerprint density at radius 2 is 1.85 bits per heavy atom. The van der Waals surface area contributed by atoms with Gasteiger partial charge in [0.25, 0.3) is 0 Å². The molecule has 1 aromatic heterocycles. The van der Waals surface area contributed by atoms with Crippen LogP contribution in [-0.2, 0) is 4.74 Å².